The largest absolute Gasteiger partial charge is 0.392 e. The molecule has 1 saturated carbocycles. The minimum absolute atomic E-state index is 0.146. The van der Waals surface area contributed by atoms with Gasteiger partial charge in [0, 0.05) is 0 Å². The SMILES string of the molecule is OCC1=CC[C@@H](O)[C@@H]2CCC[C@H]12. The topological polar surface area (TPSA) is 40.5 Å². The van der Waals surface area contributed by atoms with E-state index < -0.39 is 0 Å². The van der Waals surface area contributed by atoms with E-state index in [0.29, 0.717) is 11.8 Å². The number of aliphatic hydroxyl groups is 2. The fourth-order valence-electron chi connectivity index (χ4n) is 2.69. The third kappa shape index (κ3) is 1.19. The van der Waals surface area contributed by atoms with E-state index in [-0.39, 0.29) is 12.7 Å². The molecule has 0 aromatic carbocycles. The summed E-state index contributed by atoms with van der Waals surface area (Å²) in [7, 11) is 0. The van der Waals surface area contributed by atoms with Gasteiger partial charge in [-0.1, -0.05) is 12.5 Å². The van der Waals surface area contributed by atoms with Gasteiger partial charge in [-0.15, -0.1) is 0 Å². The van der Waals surface area contributed by atoms with Crippen LogP contribution in [0.25, 0.3) is 0 Å². The van der Waals surface area contributed by atoms with Crippen LogP contribution >= 0.6 is 0 Å². The summed E-state index contributed by atoms with van der Waals surface area (Å²) in [5.41, 5.74) is 1.17. The van der Waals surface area contributed by atoms with Crippen molar-refractivity contribution in [3.05, 3.63) is 11.6 Å². The summed E-state index contributed by atoms with van der Waals surface area (Å²) < 4.78 is 0. The van der Waals surface area contributed by atoms with Crippen LogP contribution in [0.1, 0.15) is 25.7 Å². The average Bonchev–Trinajstić information content (AvgIpc) is 2.54. The molecule has 0 unspecified atom stereocenters. The zero-order valence-corrected chi connectivity index (χ0v) is 7.24. The third-order valence-electron chi connectivity index (χ3n) is 3.34. The van der Waals surface area contributed by atoms with Gasteiger partial charge in [0.25, 0.3) is 0 Å². The number of aliphatic hydroxyl groups excluding tert-OH is 2. The van der Waals surface area contributed by atoms with Crippen LogP contribution in [0, 0.1) is 11.8 Å². The van der Waals surface area contributed by atoms with Gasteiger partial charge in [0.15, 0.2) is 0 Å². The number of rotatable bonds is 1. The lowest BCUT2D eigenvalue weighted by Gasteiger charge is -2.30. The molecule has 0 saturated heterocycles. The highest BCUT2D eigenvalue weighted by atomic mass is 16.3. The number of hydrogen-bond donors (Lipinski definition) is 2. The first-order valence-electron chi connectivity index (χ1n) is 4.80. The smallest absolute Gasteiger partial charge is 0.0644 e. The van der Waals surface area contributed by atoms with Gasteiger partial charge in [-0.25, -0.2) is 0 Å². The van der Waals surface area contributed by atoms with E-state index in [1.54, 1.807) is 0 Å². The second-order valence-corrected chi connectivity index (χ2v) is 3.94. The Bertz CT molecular complexity index is 198. The molecule has 0 radical (unpaired) electrons. The zero-order valence-electron chi connectivity index (χ0n) is 7.24. The van der Waals surface area contributed by atoms with E-state index in [9.17, 15) is 5.11 Å². The quantitative estimate of drug-likeness (QED) is 0.575. The molecule has 68 valence electrons. The second-order valence-electron chi connectivity index (χ2n) is 3.94. The average molecular weight is 168 g/mol. The van der Waals surface area contributed by atoms with E-state index in [1.165, 1.54) is 12.0 Å². The highest BCUT2D eigenvalue weighted by molar-refractivity contribution is 5.16. The van der Waals surface area contributed by atoms with Crippen LogP contribution in [-0.4, -0.2) is 22.9 Å². The van der Waals surface area contributed by atoms with Crippen molar-refractivity contribution >= 4 is 0 Å². The Balaban J connectivity index is 2.18. The minimum Gasteiger partial charge on any atom is -0.392 e. The molecule has 0 aromatic heterocycles. The molecule has 2 aliphatic carbocycles. The molecule has 1 fully saturated rings. The number of fused-ring (bicyclic) bond motifs is 1. The zero-order chi connectivity index (χ0) is 8.55. The summed E-state index contributed by atoms with van der Waals surface area (Å²) in [4.78, 5) is 0. The molecule has 2 heteroatoms. The molecule has 0 amide bonds. The molecule has 0 spiro atoms. The van der Waals surface area contributed by atoms with Crippen molar-refractivity contribution in [1.29, 1.82) is 0 Å². The van der Waals surface area contributed by atoms with Crippen LogP contribution in [0.5, 0.6) is 0 Å². The molecule has 3 atom stereocenters. The van der Waals surface area contributed by atoms with Gasteiger partial charge < -0.3 is 10.2 Å². The first-order valence-corrected chi connectivity index (χ1v) is 4.80. The standard InChI is InChI=1S/C10H16O2/c11-6-7-4-5-10(12)9-3-1-2-8(7)9/h4,8-12H,1-3,5-6H2/t8-,9-,10-/m1/s1. The maximum absolute atomic E-state index is 9.67. The van der Waals surface area contributed by atoms with Gasteiger partial charge in [-0.2, -0.15) is 0 Å². The monoisotopic (exact) mass is 168 g/mol. The fourth-order valence-corrected chi connectivity index (χ4v) is 2.69. The molecule has 2 N–H and O–H groups in total. The van der Waals surface area contributed by atoms with Gasteiger partial charge in [0.1, 0.15) is 0 Å². The van der Waals surface area contributed by atoms with Gasteiger partial charge in [-0.05, 0) is 36.7 Å². The molecule has 0 bridgehead atoms. The lowest BCUT2D eigenvalue weighted by Crippen LogP contribution is -2.29. The molecule has 2 aliphatic rings. The normalized spacial score (nSPS) is 40.8. The Hall–Kier alpha value is -0.340. The maximum atomic E-state index is 9.67. The Morgan fingerprint density at radius 3 is 3.00 bits per heavy atom. The molecule has 2 nitrogen and oxygen atoms in total. The molecular weight excluding hydrogens is 152 g/mol. The summed E-state index contributed by atoms with van der Waals surface area (Å²) in [6, 6.07) is 0. The van der Waals surface area contributed by atoms with Crippen molar-refractivity contribution < 1.29 is 10.2 Å². The van der Waals surface area contributed by atoms with Gasteiger partial charge in [-0.3, -0.25) is 0 Å². The highest BCUT2D eigenvalue weighted by Gasteiger charge is 2.36. The minimum atomic E-state index is -0.146. The van der Waals surface area contributed by atoms with Crippen molar-refractivity contribution in [3.8, 4) is 0 Å². The van der Waals surface area contributed by atoms with Crippen LogP contribution in [0.2, 0.25) is 0 Å². The van der Waals surface area contributed by atoms with Gasteiger partial charge >= 0.3 is 0 Å². The van der Waals surface area contributed by atoms with Crippen molar-refractivity contribution in [3.63, 3.8) is 0 Å². The van der Waals surface area contributed by atoms with Crippen molar-refractivity contribution in [2.24, 2.45) is 11.8 Å². The Kier molecular flexibility index (Phi) is 2.20. The Labute approximate surface area is 72.9 Å². The van der Waals surface area contributed by atoms with Crippen molar-refractivity contribution in [2.75, 3.05) is 6.61 Å². The van der Waals surface area contributed by atoms with Crippen LogP contribution in [0.4, 0.5) is 0 Å². The van der Waals surface area contributed by atoms with Gasteiger partial charge in [0.05, 0.1) is 12.7 Å². The van der Waals surface area contributed by atoms with Crippen LogP contribution in [-0.2, 0) is 0 Å². The predicted molar refractivity (Wildman–Crippen MR) is 46.6 cm³/mol. The van der Waals surface area contributed by atoms with E-state index in [4.69, 9.17) is 5.11 Å². The molecular formula is C10H16O2. The van der Waals surface area contributed by atoms with Crippen LogP contribution in [0.3, 0.4) is 0 Å². The van der Waals surface area contributed by atoms with Crippen molar-refractivity contribution in [1.82, 2.24) is 0 Å². The molecule has 0 aliphatic heterocycles. The first kappa shape index (κ1) is 8.27. The second kappa shape index (κ2) is 3.19. The van der Waals surface area contributed by atoms with E-state index in [2.05, 4.69) is 0 Å². The Morgan fingerprint density at radius 2 is 2.25 bits per heavy atom. The molecule has 0 heterocycles. The van der Waals surface area contributed by atoms with Crippen LogP contribution in [0.15, 0.2) is 11.6 Å². The van der Waals surface area contributed by atoms with Gasteiger partial charge in [0.2, 0.25) is 0 Å². The maximum Gasteiger partial charge on any atom is 0.0644 e. The first-order chi connectivity index (χ1) is 5.83. The van der Waals surface area contributed by atoms with E-state index in [1.807, 2.05) is 6.08 Å². The molecule has 12 heavy (non-hydrogen) atoms. The summed E-state index contributed by atoms with van der Waals surface area (Å²) in [5.74, 6) is 0.927. The summed E-state index contributed by atoms with van der Waals surface area (Å²) in [6.07, 6.45) is 6.14. The molecule has 0 aromatic rings. The highest BCUT2D eigenvalue weighted by Crippen LogP contribution is 2.42. The summed E-state index contributed by atoms with van der Waals surface area (Å²) in [6.45, 7) is 0.188. The van der Waals surface area contributed by atoms with Crippen LogP contribution < -0.4 is 0 Å². The lowest BCUT2D eigenvalue weighted by molar-refractivity contribution is 0.0839. The fraction of sp³-hybridized carbons (Fsp3) is 0.800. The predicted octanol–water partition coefficient (Wildman–Crippen LogP) is 1.09. The summed E-state index contributed by atoms with van der Waals surface area (Å²) >= 11 is 0. The van der Waals surface area contributed by atoms with E-state index >= 15 is 0 Å². The third-order valence-corrected chi connectivity index (χ3v) is 3.34. The number of hydrogen-bond acceptors (Lipinski definition) is 2. The Morgan fingerprint density at radius 1 is 1.42 bits per heavy atom. The van der Waals surface area contributed by atoms with E-state index in [0.717, 1.165) is 19.3 Å². The lowest BCUT2D eigenvalue weighted by atomic mass is 9.79. The van der Waals surface area contributed by atoms with Crippen molar-refractivity contribution in [2.45, 2.75) is 31.8 Å². The molecule has 2 rings (SSSR count). The summed E-state index contributed by atoms with van der Waals surface area (Å²) in [5, 5.41) is 18.7.